The minimum atomic E-state index is -0.312. The summed E-state index contributed by atoms with van der Waals surface area (Å²) in [6.45, 7) is 11.1. The molecule has 0 spiro atoms. The van der Waals surface area contributed by atoms with Crippen molar-refractivity contribution in [3.8, 4) is 5.75 Å². The topological polar surface area (TPSA) is 95.1 Å². The zero-order valence-electron chi connectivity index (χ0n) is 16.6. The molecule has 2 rings (SSSR count). The highest BCUT2D eigenvalue weighted by Crippen LogP contribution is 2.22. The van der Waals surface area contributed by atoms with E-state index in [1.165, 1.54) is 22.0 Å². The van der Waals surface area contributed by atoms with Crippen LogP contribution in [0.1, 0.15) is 51.9 Å². The van der Waals surface area contributed by atoms with E-state index in [4.69, 9.17) is 10.6 Å². The molecule has 0 saturated carbocycles. The van der Waals surface area contributed by atoms with Crippen LogP contribution in [0.15, 0.2) is 29.4 Å². The van der Waals surface area contributed by atoms with Crippen LogP contribution in [0, 0.1) is 5.92 Å². The number of aromatic nitrogens is 3. The molecule has 1 unspecified atom stereocenters. The van der Waals surface area contributed by atoms with Gasteiger partial charge in [0.1, 0.15) is 12.4 Å². The summed E-state index contributed by atoms with van der Waals surface area (Å²) in [6, 6.07) is 7.96. The molecule has 0 aliphatic heterocycles. The summed E-state index contributed by atoms with van der Waals surface area (Å²) >= 11 is 1.27. The summed E-state index contributed by atoms with van der Waals surface area (Å²) in [6.07, 6.45) is 0. The maximum Gasteiger partial charge on any atom is 0.233 e. The van der Waals surface area contributed by atoms with Crippen molar-refractivity contribution in [2.24, 2.45) is 5.92 Å². The number of nitrogens with zero attached hydrogens (tertiary/aromatic N) is 3. The predicted octanol–water partition coefficient (Wildman–Crippen LogP) is 2.95. The lowest BCUT2D eigenvalue weighted by atomic mass is 10.0. The minimum Gasteiger partial charge on any atom is -0.486 e. The van der Waals surface area contributed by atoms with E-state index in [0.717, 1.165) is 5.75 Å². The van der Waals surface area contributed by atoms with Crippen LogP contribution in [0.25, 0.3) is 0 Å². The molecular weight excluding hydrogens is 362 g/mol. The van der Waals surface area contributed by atoms with Crippen LogP contribution in [-0.2, 0) is 11.4 Å². The average molecular weight is 392 g/mol. The van der Waals surface area contributed by atoms with E-state index in [9.17, 15) is 4.79 Å². The first kappa shape index (κ1) is 21.1. The van der Waals surface area contributed by atoms with Crippen LogP contribution in [0.4, 0.5) is 0 Å². The number of nitrogens with one attached hydrogen (secondary N) is 1. The van der Waals surface area contributed by atoms with Crippen molar-refractivity contribution in [2.75, 3.05) is 12.4 Å². The fraction of sp³-hybridized carbons (Fsp3) is 0.526. The minimum absolute atomic E-state index is 0.0419. The molecule has 7 nitrogen and oxygen atoms in total. The van der Waals surface area contributed by atoms with Gasteiger partial charge in [-0.25, -0.2) is 4.68 Å². The van der Waals surface area contributed by atoms with Gasteiger partial charge < -0.3 is 15.9 Å². The standard InChI is InChI=1S/C19H29N5O2S/c1-12(2)10-21-18(25)14(5)27-19-23-22-17(24(19)20)11-26-16-8-6-15(7-9-16)13(3)4/h6-9,12-14H,10-11,20H2,1-5H3,(H,21,25). The summed E-state index contributed by atoms with van der Waals surface area (Å²) < 4.78 is 7.12. The molecule has 0 aliphatic rings. The molecule has 2 aromatic rings. The molecule has 27 heavy (non-hydrogen) atoms. The largest absolute Gasteiger partial charge is 0.486 e. The van der Waals surface area contributed by atoms with Gasteiger partial charge in [0.2, 0.25) is 11.1 Å². The fourth-order valence-corrected chi connectivity index (χ4v) is 3.06. The Kier molecular flexibility index (Phi) is 7.53. The molecule has 1 amide bonds. The Morgan fingerprint density at radius 3 is 2.44 bits per heavy atom. The number of ether oxygens (including phenoxy) is 1. The highest BCUT2D eigenvalue weighted by molar-refractivity contribution is 8.00. The quantitative estimate of drug-likeness (QED) is 0.504. The molecule has 1 aromatic heterocycles. The van der Waals surface area contributed by atoms with Crippen molar-refractivity contribution in [3.05, 3.63) is 35.7 Å². The maximum absolute atomic E-state index is 12.1. The van der Waals surface area contributed by atoms with Crippen LogP contribution < -0.4 is 15.9 Å². The van der Waals surface area contributed by atoms with E-state index in [1.807, 2.05) is 31.2 Å². The molecule has 0 bridgehead atoms. The first-order valence-corrected chi connectivity index (χ1v) is 10.0. The van der Waals surface area contributed by atoms with Gasteiger partial charge in [-0.05, 0) is 36.5 Å². The van der Waals surface area contributed by atoms with Crippen molar-refractivity contribution in [1.29, 1.82) is 0 Å². The van der Waals surface area contributed by atoms with Crippen LogP contribution in [0.3, 0.4) is 0 Å². The molecule has 0 aliphatic carbocycles. The number of carbonyl (C=O) groups is 1. The van der Waals surface area contributed by atoms with Crippen molar-refractivity contribution in [1.82, 2.24) is 20.2 Å². The van der Waals surface area contributed by atoms with Gasteiger partial charge in [-0.15, -0.1) is 10.2 Å². The summed E-state index contributed by atoms with van der Waals surface area (Å²) in [5.74, 6) is 8.15. The number of benzene rings is 1. The van der Waals surface area contributed by atoms with E-state index < -0.39 is 0 Å². The van der Waals surface area contributed by atoms with Gasteiger partial charge in [-0.1, -0.05) is 51.6 Å². The molecule has 8 heteroatoms. The third-order valence-corrected chi connectivity index (χ3v) is 5.04. The zero-order chi connectivity index (χ0) is 20.0. The monoisotopic (exact) mass is 391 g/mol. The number of carbonyl (C=O) groups excluding carboxylic acids is 1. The molecular formula is C19H29N5O2S. The van der Waals surface area contributed by atoms with E-state index >= 15 is 0 Å². The molecule has 1 heterocycles. The number of amides is 1. The van der Waals surface area contributed by atoms with Crippen molar-refractivity contribution in [3.63, 3.8) is 0 Å². The van der Waals surface area contributed by atoms with Crippen LogP contribution >= 0.6 is 11.8 Å². The number of thioether (sulfide) groups is 1. The Hall–Kier alpha value is -2.22. The first-order valence-electron chi connectivity index (χ1n) is 9.14. The fourth-order valence-electron chi connectivity index (χ4n) is 2.24. The summed E-state index contributed by atoms with van der Waals surface area (Å²) in [5.41, 5.74) is 1.26. The molecule has 0 fully saturated rings. The number of nitrogen functional groups attached to an aromatic ring is 1. The lowest BCUT2D eigenvalue weighted by molar-refractivity contribution is -0.120. The summed E-state index contributed by atoms with van der Waals surface area (Å²) in [4.78, 5) is 12.1. The van der Waals surface area contributed by atoms with E-state index in [2.05, 4.69) is 43.2 Å². The normalized spacial score (nSPS) is 12.4. The highest BCUT2D eigenvalue weighted by atomic mass is 32.2. The lowest BCUT2D eigenvalue weighted by Crippen LogP contribution is -2.33. The van der Waals surface area contributed by atoms with Crippen LogP contribution in [-0.4, -0.2) is 32.6 Å². The molecule has 0 radical (unpaired) electrons. The van der Waals surface area contributed by atoms with Gasteiger partial charge in [0.25, 0.3) is 0 Å². The van der Waals surface area contributed by atoms with Crippen molar-refractivity contribution < 1.29 is 9.53 Å². The molecule has 3 N–H and O–H groups in total. The Balaban J connectivity index is 1.91. The van der Waals surface area contributed by atoms with Gasteiger partial charge in [-0.2, -0.15) is 0 Å². The van der Waals surface area contributed by atoms with E-state index in [0.29, 0.717) is 29.4 Å². The van der Waals surface area contributed by atoms with Gasteiger partial charge in [0, 0.05) is 6.54 Å². The van der Waals surface area contributed by atoms with Crippen LogP contribution in [0.2, 0.25) is 0 Å². The van der Waals surface area contributed by atoms with E-state index in [1.54, 1.807) is 0 Å². The lowest BCUT2D eigenvalue weighted by Gasteiger charge is -2.13. The zero-order valence-corrected chi connectivity index (χ0v) is 17.4. The van der Waals surface area contributed by atoms with Gasteiger partial charge in [0.15, 0.2) is 5.82 Å². The van der Waals surface area contributed by atoms with Gasteiger partial charge in [-0.3, -0.25) is 4.79 Å². The van der Waals surface area contributed by atoms with E-state index in [-0.39, 0.29) is 17.8 Å². The smallest absolute Gasteiger partial charge is 0.233 e. The summed E-state index contributed by atoms with van der Waals surface area (Å²) in [7, 11) is 0. The Labute approximate surface area is 165 Å². The molecule has 1 aromatic carbocycles. The second kappa shape index (κ2) is 9.64. The Morgan fingerprint density at radius 2 is 1.85 bits per heavy atom. The molecule has 0 saturated heterocycles. The SMILES string of the molecule is CC(C)CNC(=O)C(C)Sc1nnc(COc2ccc(C(C)C)cc2)n1N. The second-order valence-electron chi connectivity index (χ2n) is 7.18. The third-order valence-electron chi connectivity index (χ3n) is 3.99. The number of nitrogens with two attached hydrogens (primary N) is 1. The molecule has 1 atom stereocenters. The number of hydrogen-bond acceptors (Lipinski definition) is 6. The van der Waals surface area contributed by atoms with Crippen LogP contribution in [0.5, 0.6) is 5.75 Å². The summed E-state index contributed by atoms with van der Waals surface area (Å²) in [5, 5.41) is 11.2. The predicted molar refractivity (Wildman–Crippen MR) is 108 cm³/mol. The van der Waals surface area contributed by atoms with Crippen molar-refractivity contribution in [2.45, 2.75) is 57.5 Å². The maximum atomic E-state index is 12.1. The van der Waals surface area contributed by atoms with Gasteiger partial charge >= 0.3 is 0 Å². The van der Waals surface area contributed by atoms with Gasteiger partial charge in [0.05, 0.1) is 5.25 Å². The number of rotatable bonds is 9. The number of hydrogen-bond donors (Lipinski definition) is 2. The Morgan fingerprint density at radius 1 is 1.19 bits per heavy atom. The first-order chi connectivity index (χ1) is 12.8. The molecule has 148 valence electrons. The van der Waals surface area contributed by atoms with Crippen molar-refractivity contribution >= 4 is 17.7 Å². The third kappa shape index (κ3) is 6.16. The Bertz CT molecular complexity index is 743. The highest BCUT2D eigenvalue weighted by Gasteiger charge is 2.19. The second-order valence-corrected chi connectivity index (χ2v) is 8.49. The average Bonchev–Trinajstić information content (AvgIpc) is 2.98.